The number of benzene rings is 1. The van der Waals surface area contributed by atoms with Crippen LogP contribution in [0.3, 0.4) is 0 Å². The largest absolute Gasteiger partial charge is 0.487 e. The SMILES string of the molecule is CCCCC1(CC)CC(NCC)c2ccc(Br)cc2O1. The van der Waals surface area contributed by atoms with E-state index in [1.807, 2.05) is 0 Å². The molecular weight excluding hydrogens is 314 g/mol. The molecule has 0 fully saturated rings. The lowest BCUT2D eigenvalue weighted by Gasteiger charge is -2.42. The molecule has 0 saturated carbocycles. The molecule has 0 radical (unpaired) electrons. The number of hydrogen-bond donors (Lipinski definition) is 1. The molecule has 0 saturated heterocycles. The summed E-state index contributed by atoms with van der Waals surface area (Å²) in [5.41, 5.74) is 1.30. The van der Waals surface area contributed by atoms with Gasteiger partial charge in [0.05, 0.1) is 0 Å². The number of nitrogens with one attached hydrogen (secondary N) is 1. The molecule has 0 aromatic heterocycles. The maximum absolute atomic E-state index is 6.46. The highest BCUT2D eigenvalue weighted by atomic mass is 79.9. The van der Waals surface area contributed by atoms with Gasteiger partial charge in [0.1, 0.15) is 11.4 Å². The summed E-state index contributed by atoms with van der Waals surface area (Å²) in [5.74, 6) is 1.05. The smallest absolute Gasteiger partial charge is 0.126 e. The molecule has 1 heterocycles. The minimum atomic E-state index is -0.00333. The van der Waals surface area contributed by atoms with Crippen LogP contribution in [0, 0.1) is 0 Å². The summed E-state index contributed by atoms with van der Waals surface area (Å²) in [4.78, 5) is 0. The molecule has 0 spiro atoms. The van der Waals surface area contributed by atoms with E-state index < -0.39 is 0 Å². The predicted molar refractivity (Wildman–Crippen MR) is 88.4 cm³/mol. The van der Waals surface area contributed by atoms with Crippen molar-refractivity contribution in [2.24, 2.45) is 0 Å². The van der Waals surface area contributed by atoms with Crippen molar-refractivity contribution in [3.63, 3.8) is 0 Å². The first-order chi connectivity index (χ1) is 9.64. The molecule has 20 heavy (non-hydrogen) atoms. The number of halogens is 1. The third-order valence-electron chi connectivity index (χ3n) is 4.33. The van der Waals surface area contributed by atoms with Crippen molar-refractivity contribution >= 4 is 15.9 Å². The van der Waals surface area contributed by atoms with Gasteiger partial charge in [-0.05, 0) is 37.9 Å². The molecule has 1 aromatic carbocycles. The van der Waals surface area contributed by atoms with E-state index in [0.717, 1.165) is 36.0 Å². The standard InChI is InChI=1S/C17H26BrNO/c1-4-7-10-17(5-2)12-15(19-6-3)14-9-8-13(18)11-16(14)20-17/h8-9,11,15,19H,4-7,10,12H2,1-3H3. The second-order valence-corrected chi connectivity index (χ2v) is 6.65. The van der Waals surface area contributed by atoms with Gasteiger partial charge in [-0.2, -0.15) is 0 Å². The minimum Gasteiger partial charge on any atom is -0.487 e. The lowest BCUT2D eigenvalue weighted by atomic mass is 9.82. The van der Waals surface area contributed by atoms with Crippen molar-refractivity contribution in [3.8, 4) is 5.75 Å². The fourth-order valence-electron chi connectivity index (χ4n) is 3.12. The van der Waals surface area contributed by atoms with Crippen molar-refractivity contribution < 1.29 is 4.74 Å². The molecular formula is C17H26BrNO. The highest BCUT2D eigenvalue weighted by Crippen LogP contribution is 2.44. The van der Waals surface area contributed by atoms with E-state index >= 15 is 0 Å². The molecule has 0 bridgehead atoms. The van der Waals surface area contributed by atoms with Crippen molar-refractivity contribution in [3.05, 3.63) is 28.2 Å². The van der Waals surface area contributed by atoms with Gasteiger partial charge in [-0.25, -0.2) is 0 Å². The summed E-state index contributed by atoms with van der Waals surface area (Å²) in [6.45, 7) is 7.67. The lowest BCUT2D eigenvalue weighted by molar-refractivity contribution is 0.0167. The highest BCUT2D eigenvalue weighted by Gasteiger charge is 2.38. The predicted octanol–water partition coefficient (Wildman–Crippen LogP) is 5.22. The molecule has 1 N–H and O–H groups in total. The van der Waals surface area contributed by atoms with Crippen LogP contribution in [0.4, 0.5) is 0 Å². The van der Waals surface area contributed by atoms with E-state index in [1.165, 1.54) is 18.4 Å². The monoisotopic (exact) mass is 339 g/mol. The normalized spacial score (nSPS) is 25.1. The summed E-state index contributed by atoms with van der Waals surface area (Å²) in [6, 6.07) is 6.83. The summed E-state index contributed by atoms with van der Waals surface area (Å²) in [7, 11) is 0. The van der Waals surface area contributed by atoms with Crippen LogP contribution in [0.2, 0.25) is 0 Å². The Bertz CT molecular complexity index is 449. The van der Waals surface area contributed by atoms with E-state index in [2.05, 4.69) is 60.2 Å². The maximum atomic E-state index is 6.46. The van der Waals surface area contributed by atoms with Crippen LogP contribution in [0.1, 0.15) is 64.5 Å². The second kappa shape index (κ2) is 6.95. The molecule has 1 aromatic rings. The van der Waals surface area contributed by atoms with Gasteiger partial charge >= 0.3 is 0 Å². The fourth-order valence-corrected chi connectivity index (χ4v) is 3.46. The summed E-state index contributed by atoms with van der Waals surface area (Å²) in [6.07, 6.45) is 5.75. The number of fused-ring (bicyclic) bond motifs is 1. The quantitative estimate of drug-likeness (QED) is 0.766. The third kappa shape index (κ3) is 3.37. The minimum absolute atomic E-state index is 0.00333. The first-order valence-corrected chi connectivity index (χ1v) is 8.65. The van der Waals surface area contributed by atoms with E-state index in [4.69, 9.17) is 4.74 Å². The van der Waals surface area contributed by atoms with E-state index in [-0.39, 0.29) is 5.60 Å². The molecule has 2 rings (SSSR count). The van der Waals surface area contributed by atoms with Gasteiger partial charge in [0, 0.05) is 22.5 Å². The van der Waals surface area contributed by atoms with Gasteiger partial charge in [-0.1, -0.05) is 49.2 Å². The van der Waals surface area contributed by atoms with Crippen LogP contribution < -0.4 is 10.1 Å². The van der Waals surface area contributed by atoms with Crippen molar-refractivity contribution in [2.45, 2.75) is 64.5 Å². The Labute approximate surface area is 131 Å². The van der Waals surface area contributed by atoms with Gasteiger partial charge in [-0.15, -0.1) is 0 Å². The van der Waals surface area contributed by atoms with Gasteiger partial charge in [0.25, 0.3) is 0 Å². The zero-order valence-electron chi connectivity index (χ0n) is 12.8. The average Bonchev–Trinajstić information content (AvgIpc) is 2.45. The van der Waals surface area contributed by atoms with Crippen LogP contribution in [0.15, 0.2) is 22.7 Å². The molecule has 1 aliphatic rings. The van der Waals surface area contributed by atoms with Crippen molar-refractivity contribution in [1.82, 2.24) is 5.32 Å². The van der Waals surface area contributed by atoms with Crippen LogP contribution >= 0.6 is 15.9 Å². The molecule has 2 nitrogen and oxygen atoms in total. The van der Waals surface area contributed by atoms with Gasteiger partial charge in [-0.3, -0.25) is 0 Å². The van der Waals surface area contributed by atoms with Crippen molar-refractivity contribution in [2.75, 3.05) is 6.54 Å². The number of unbranched alkanes of at least 4 members (excludes halogenated alkanes) is 1. The Balaban J connectivity index is 2.32. The fraction of sp³-hybridized carbons (Fsp3) is 0.647. The molecule has 0 aliphatic carbocycles. The molecule has 3 heteroatoms. The summed E-state index contributed by atoms with van der Waals surface area (Å²) >= 11 is 3.56. The van der Waals surface area contributed by atoms with Crippen LogP contribution in [0.25, 0.3) is 0 Å². The van der Waals surface area contributed by atoms with Gasteiger partial charge in [0.2, 0.25) is 0 Å². The number of ether oxygens (including phenoxy) is 1. The molecule has 0 amide bonds. The third-order valence-corrected chi connectivity index (χ3v) is 4.83. The average molecular weight is 340 g/mol. The van der Waals surface area contributed by atoms with E-state index in [9.17, 15) is 0 Å². The first-order valence-electron chi connectivity index (χ1n) is 7.86. The zero-order valence-corrected chi connectivity index (χ0v) is 14.4. The first kappa shape index (κ1) is 15.8. The summed E-state index contributed by atoms with van der Waals surface area (Å²) < 4.78 is 7.55. The second-order valence-electron chi connectivity index (χ2n) is 5.74. The molecule has 2 unspecified atom stereocenters. The maximum Gasteiger partial charge on any atom is 0.126 e. The van der Waals surface area contributed by atoms with Crippen LogP contribution in [-0.2, 0) is 0 Å². The van der Waals surface area contributed by atoms with E-state index in [0.29, 0.717) is 6.04 Å². The Morgan fingerprint density at radius 1 is 1.35 bits per heavy atom. The summed E-state index contributed by atoms with van der Waals surface area (Å²) in [5, 5.41) is 3.63. The number of hydrogen-bond acceptors (Lipinski definition) is 2. The molecule has 2 atom stereocenters. The molecule has 1 aliphatic heterocycles. The Kier molecular flexibility index (Phi) is 5.50. The Morgan fingerprint density at radius 2 is 2.15 bits per heavy atom. The Morgan fingerprint density at radius 3 is 2.80 bits per heavy atom. The highest BCUT2D eigenvalue weighted by molar-refractivity contribution is 9.10. The van der Waals surface area contributed by atoms with Gasteiger partial charge < -0.3 is 10.1 Å². The van der Waals surface area contributed by atoms with Crippen LogP contribution in [-0.4, -0.2) is 12.1 Å². The topological polar surface area (TPSA) is 21.3 Å². The zero-order chi connectivity index (χ0) is 14.6. The van der Waals surface area contributed by atoms with E-state index in [1.54, 1.807) is 0 Å². The van der Waals surface area contributed by atoms with Crippen LogP contribution in [0.5, 0.6) is 5.75 Å². The van der Waals surface area contributed by atoms with Crippen molar-refractivity contribution in [1.29, 1.82) is 0 Å². The molecule has 112 valence electrons. The Hall–Kier alpha value is -0.540. The number of rotatable bonds is 6. The van der Waals surface area contributed by atoms with Gasteiger partial charge in [0.15, 0.2) is 0 Å². The lowest BCUT2D eigenvalue weighted by Crippen LogP contribution is -2.43.